The van der Waals surface area contributed by atoms with Crippen molar-refractivity contribution in [2.24, 2.45) is 0 Å². The summed E-state index contributed by atoms with van der Waals surface area (Å²) in [5.74, 6) is 8.00. The molecule has 0 spiro atoms. The molecule has 0 N–H and O–H groups in total. The maximum absolute atomic E-state index is 5.20. The molecule has 0 rings (SSSR count). The number of terminal acetylenes is 1. The Labute approximate surface area is 85.7 Å². The molecule has 0 aromatic heterocycles. The van der Waals surface area contributed by atoms with Gasteiger partial charge in [0.15, 0.2) is 0 Å². The lowest BCUT2D eigenvalue weighted by Gasteiger charge is -1.99. The van der Waals surface area contributed by atoms with Gasteiger partial charge in [0.05, 0.1) is 13.2 Å². The van der Waals surface area contributed by atoms with Crippen molar-refractivity contribution < 1.29 is 14.2 Å². The molecule has 14 heavy (non-hydrogen) atoms. The highest BCUT2D eigenvalue weighted by molar-refractivity contribution is 4.98. The largest absolute Gasteiger partial charge is 0.372 e. The molecule has 0 heterocycles. The molecule has 0 radical (unpaired) electrons. The van der Waals surface area contributed by atoms with E-state index in [-0.39, 0.29) is 0 Å². The minimum absolute atomic E-state index is 0.369. The van der Waals surface area contributed by atoms with E-state index in [2.05, 4.69) is 17.8 Å². The number of hydrogen-bond acceptors (Lipinski definition) is 3. The van der Waals surface area contributed by atoms with Crippen LogP contribution < -0.4 is 0 Å². The van der Waals surface area contributed by atoms with E-state index in [1.165, 1.54) is 0 Å². The van der Waals surface area contributed by atoms with Gasteiger partial charge in [0, 0.05) is 7.11 Å². The Morgan fingerprint density at radius 3 is 2.29 bits per heavy atom. The lowest BCUT2D eigenvalue weighted by atomic mass is 10.5. The normalized spacial score (nSPS) is 8.86. The molecule has 0 amide bonds. The van der Waals surface area contributed by atoms with E-state index < -0.39 is 0 Å². The molecule has 3 nitrogen and oxygen atoms in total. The Hall–Kier alpha value is -1.00. The molecule has 0 atom stereocenters. The van der Waals surface area contributed by atoms with Crippen LogP contribution in [0.5, 0.6) is 0 Å². The number of methoxy groups -OCH3 is 1. The highest BCUT2D eigenvalue weighted by atomic mass is 16.5. The third kappa shape index (κ3) is 11.0. The van der Waals surface area contributed by atoms with E-state index in [4.69, 9.17) is 20.6 Å². The maximum Gasteiger partial charge on any atom is 0.107 e. The van der Waals surface area contributed by atoms with E-state index in [1.54, 1.807) is 7.11 Å². The Kier molecular flexibility index (Phi) is 11.1. The molecule has 0 fully saturated rings. The van der Waals surface area contributed by atoms with Crippen LogP contribution >= 0.6 is 0 Å². The molecule has 0 aliphatic heterocycles. The van der Waals surface area contributed by atoms with Crippen LogP contribution in [-0.4, -0.2) is 40.1 Å². The Balaban J connectivity index is 3.00. The molecule has 0 bridgehead atoms. The van der Waals surface area contributed by atoms with Gasteiger partial charge in [-0.05, 0) is 6.42 Å². The summed E-state index contributed by atoms with van der Waals surface area (Å²) in [7, 11) is 1.61. The summed E-state index contributed by atoms with van der Waals surface area (Å²) in [6, 6.07) is 0. The summed E-state index contributed by atoms with van der Waals surface area (Å²) in [6.07, 6.45) is 5.84. The zero-order chi connectivity index (χ0) is 10.5. The van der Waals surface area contributed by atoms with Gasteiger partial charge in [-0.3, -0.25) is 0 Å². The van der Waals surface area contributed by atoms with Crippen molar-refractivity contribution in [1.82, 2.24) is 0 Å². The standard InChI is InChI=1S/C11H16O3/c1-3-7-13-10-6-11-14-9-5-4-8-12-2/h1H,6-11H2,2H3. The Morgan fingerprint density at radius 1 is 1.00 bits per heavy atom. The predicted octanol–water partition coefficient (Wildman–Crippen LogP) is 0.693. The molecular formula is C11H16O3. The van der Waals surface area contributed by atoms with Crippen LogP contribution in [0.1, 0.15) is 6.42 Å². The summed E-state index contributed by atoms with van der Waals surface area (Å²) in [4.78, 5) is 0. The fraction of sp³-hybridized carbons (Fsp3) is 0.636. The van der Waals surface area contributed by atoms with Gasteiger partial charge in [0.2, 0.25) is 0 Å². The quantitative estimate of drug-likeness (QED) is 0.443. The van der Waals surface area contributed by atoms with Crippen LogP contribution in [0.25, 0.3) is 0 Å². The molecule has 0 aromatic carbocycles. The van der Waals surface area contributed by atoms with E-state index in [9.17, 15) is 0 Å². The molecule has 0 aliphatic rings. The lowest BCUT2D eigenvalue weighted by Crippen LogP contribution is -2.01. The van der Waals surface area contributed by atoms with Crippen LogP contribution in [0, 0.1) is 24.2 Å². The minimum atomic E-state index is 0.369. The molecule has 0 saturated carbocycles. The molecular weight excluding hydrogens is 180 g/mol. The highest BCUT2D eigenvalue weighted by Gasteiger charge is 1.86. The van der Waals surface area contributed by atoms with Crippen molar-refractivity contribution in [2.45, 2.75) is 6.42 Å². The van der Waals surface area contributed by atoms with Gasteiger partial charge in [0.25, 0.3) is 0 Å². The van der Waals surface area contributed by atoms with Crippen LogP contribution in [0.2, 0.25) is 0 Å². The first-order valence-corrected chi connectivity index (χ1v) is 4.45. The second-order valence-corrected chi connectivity index (χ2v) is 2.45. The van der Waals surface area contributed by atoms with Crippen LogP contribution in [0.3, 0.4) is 0 Å². The van der Waals surface area contributed by atoms with Gasteiger partial charge in [-0.2, -0.15) is 0 Å². The van der Waals surface area contributed by atoms with Gasteiger partial charge in [-0.25, -0.2) is 0 Å². The third-order valence-corrected chi connectivity index (χ3v) is 1.28. The molecule has 78 valence electrons. The van der Waals surface area contributed by atoms with E-state index in [1.807, 2.05) is 0 Å². The lowest BCUT2D eigenvalue weighted by molar-refractivity contribution is 0.111. The minimum Gasteiger partial charge on any atom is -0.372 e. The van der Waals surface area contributed by atoms with E-state index >= 15 is 0 Å². The third-order valence-electron chi connectivity index (χ3n) is 1.28. The van der Waals surface area contributed by atoms with Gasteiger partial charge in [-0.1, -0.05) is 17.8 Å². The zero-order valence-corrected chi connectivity index (χ0v) is 8.54. The first-order valence-electron chi connectivity index (χ1n) is 4.45. The molecule has 0 unspecified atom stereocenters. The first-order chi connectivity index (χ1) is 6.91. The highest BCUT2D eigenvalue weighted by Crippen LogP contribution is 1.84. The summed E-state index contributed by atoms with van der Waals surface area (Å²) >= 11 is 0. The second-order valence-electron chi connectivity index (χ2n) is 2.45. The summed E-state index contributed by atoms with van der Waals surface area (Å²) in [6.45, 7) is 2.54. The molecule has 0 saturated heterocycles. The summed E-state index contributed by atoms with van der Waals surface area (Å²) in [5, 5.41) is 0. The summed E-state index contributed by atoms with van der Waals surface area (Å²) < 4.78 is 15.0. The van der Waals surface area contributed by atoms with Gasteiger partial charge < -0.3 is 14.2 Å². The molecule has 3 heteroatoms. The summed E-state index contributed by atoms with van der Waals surface area (Å²) in [5.41, 5.74) is 0. The van der Waals surface area contributed by atoms with E-state index in [0.717, 1.165) is 6.42 Å². The van der Waals surface area contributed by atoms with Crippen molar-refractivity contribution in [1.29, 1.82) is 0 Å². The van der Waals surface area contributed by atoms with Crippen molar-refractivity contribution in [3.05, 3.63) is 0 Å². The van der Waals surface area contributed by atoms with Crippen molar-refractivity contribution in [3.63, 3.8) is 0 Å². The monoisotopic (exact) mass is 196 g/mol. The SMILES string of the molecule is C#CCOCCCOCC#CCOC. The predicted molar refractivity (Wildman–Crippen MR) is 54.7 cm³/mol. The smallest absolute Gasteiger partial charge is 0.107 e. The maximum atomic E-state index is 5.20. The number of ether oxygens (including phenoxy) is 3. The number of hydrogen-bond donors (Lipinski definition) is 0. The second kappa shape index (κ2) is 12.0. The van der Waals surface area contributed by atoms with Crippen LogP contribution in [0.15, 0.2) is 0 Å². The number of rotatable bonds is 7. The van der Waals surface area contributed by atoms with Crippen LogP contribution in [-0.2, 0) is 14.2 Å². The Morgan fingerprint density at radius 2 is 1.64 bits per heavy atom. The van der Waals surface area contributed by atoms with Crippen LogP contribution in [0.4, 0.5) is 0 Å². The van der Waals surface area contributed by atoms with Crippen molar-refractivity contribution >= 4 is 0 Å². The average Bonchev–Trinajstić information content (AvgIpc) is 2.21. The molecule has 0 aromatic rings. The zero-order valence-electron chi connectivity index (χ0n) is 8.54. The fourth-order valence-corrected chi connectivity index (χ4v) is 0.692. The van der Waals surface area contributed by atoms with Crippen molar-refractivity contribution in [2.75, 3.05) is 40.1 Å². The first kappa shape index (κ1) is 13.0. The Bertz CT molecular complexity index is 207. The van der Waals surface area contributed by atoms with Gasteiger partial charge in [0.1, 0.15) is 19.8 Å². The van der Waals surface area contributed by atoms with Crippen molar-refractivity contribution in [3.8, 4) is 24.2 Å². The molecule has 0 aliphatic carbocycles. The van der Waals surface area contributed by atoms with Gasteiger partial charge in [-0.15, -0.1) is 6.42 Å². The fourth-order valence-electron chi connectivity index (χ4n) is 0.692. The van der Waals surface area contributed by atoms with E-state index in [0.29, 0.717) is 33.0 Å². The average molecular weight is 196 g/mol. The van der Waals surface area contributed by atoms with Gasteiger partial charge >= 0.3 is 0 Å². The topological polar surface area (TPSA) is 27.7 Å².